The number of likely N-dealkylation sites (N-methyl/N-ethyl adjacent to an activating group) is 1. The highest BCUT2D eigenvalue weighted by atomic mass is 31.2. The minimum Gasteiger partial charge on any atom is -0.462 e. The second-order valence-corrected chi connectivity index (χ2v) is 29.2. The molecule has 552 valence electrons. The van der Waals surface area contributed by atoms with Crippen LogP contribution in [0.25, 0.3) is 0 Å². The first kappa shape index (κ1) is 92.2. The molecule has 0 saturated carbocycles. The van der Waals surface area contributed by atoms with E-state index in [0.717, 1.165) is 96.3 Å². The molecule has 0 amide bonds. The molecule has 9 nitrogen and oxygen atoms in total. The number of ether oxygens (including phenoxy) is 2. The van der Waals surface area contributed by atoms with Crippen molar-refractivity contribution in [3.63, 3.8) is 0 Å². The zero-order valence-corrected chi connectivity index (χ0v) is 64.0. The molecule has 10 heteroatoms. The van der Waals surface area contributed by atoms with Gasteiger partial charge in [-0.2, -0.15) is 0 Å². The highest BCUT2D eigenvalue weighted by Crippen LogP contribution is 2.43. The van der Waals surface area contributed by atoms with Crippen molar-refractivity contribution >= 4 is 19.8 Å². The fourth-order valence-electron chi connectivity index (χ4n) is 11.1. The van der Waals surface area contributed by atoms with Gasteiger partial charge in [0.2, 0.25) is 0 Å². The maximum Gasteiger partial charge on any atom is 0.472 e. The molecule has 0 rings (SSSR count). The molecule has 0 aliphatic carbocycles. The smallest absolute Gasteiger partial charge is 0.462 e. The lowest BCUT2D eigenvalue weighted by Gasteiger charge is -2.24. The number of hydrogen-bond donors (Lipinski definition) is 1. The first-order chi connectivity index (χ1) is 47.0. The van der Waals surface area contributed by atoms with Gasteiger partial charge in [-0.15, -0.1) is 0 Å². The molecule has 0 aliphatic heterocycles. The number of nitrogens with zero attached hydrogens (tertiary/aromatic N) is 1. The predicted molar refractivity (Wildman–Crippen MR) is 417 cm³/mol. The lowest BCUT2D eigenvalue weighted by Crippen LogP contribution is -2.37. The lowest BCUT2D eigenvalue weighted by molar-refractivity contribution is -0.870. The normalized spacial score (nSPS) is 13.8. The summed E-state index contributed by atoms with van der Waals surface area (Å²) in [5.74, 6) is -0.845. The Labute approximate surface area is 593 Å². The van der Waals surface area contributed by atoms with Crippen LogP contribution in [-0.4, -0.2) is 74.9 Å². The summed E-state index contributed by atoms with van der Waals surface area (Å²) in [4.78, 5) is 35.9. The number of carbonyl (C=O) groups is 2. The van der Waals surface area contributed by atoms with Crippen LogP contribution in [-0.2, 0) is 32.7 Å². The Morgan fingerprint density at radius 1 is 0.333 bits per heavy atom. The van der Waals surface area contributed by atoms with E-state index in [1.54, 1.807) is 0 Å². The largest absolute Gasteiger partial charge is 0.472 e. The maximum absolute atomic E-state index is 12.9. The molecule has 0 saturated heterocycles. The first-order valence-corrected chi connectivity index (χ1v) is 41.4. The standard InChI is InChI=1S/C86H150NO8P/c1-6-8-10-12-14-16-18-20-22-24-26-28-30-32-34-36-38-40-41-42-43-44-45-47-48-50-52-54-56-58-60-62-64-66-68-70-72-74-76-78-85(88)92-82-84(83-94-96(90,91)93-81-80-87(3,4)5)95-86(89)79-77-75-73-71-69-67-65-63-61-59-57-55-53-51-49-46-39-37-35-33-31-29-27-25-23-21-19-17-15-13-11-9-7-2/h9,11,15,17,21,23-24,26-27,29,33,35,39,46,51,53,57,59,63,65,69,71,84H,6-8,10,12-14,16,18-20,22,25,28,30-32,34,36-38,40-45,47-50,52,54-56,58,60-62,64,66-68,70,72-83H2,1-5H3/p+1/b11-9-,17-15-,23-21-,26-24-,29-27-,35-33-,46-39-,53-51-,59-57-,65-63-,71-69-. The van der Waals surface area contributed by atoms with E-state index in [0.29, 0.717) is 17.4 Å². The Morgan fingerprint density at radius 3 is 0.917 bits per heavy atom. The molecule has 96 heavy (non-hydrogen) atoms. The van der Waals surface area contributed by atoms with E-state index in [2.05, 4.69) is 148 Å². The Hall–Kier alpha value is -3.85. The van der Waals surface area contributed by atoms with E-state index in [4.69, 9.17) is 18.5 Å². The third-order valence-corrected chi connectivity index (χ3v) is 18.1. The van der Waals surface area contributed by atoms with Crippen molar-refractivity contribution < 1.29 is 42.1 Å². The van der Waals surface area contributed by atoms with Crippen molar-refractivity contribution in [1.82, 2.24) is 0 Å². The van der Waals surface area contributed by atoms with Crippen LogP contribution in [0.1, 0.15) is 348 Å². The molecular weight excluding hydrogens is 1210 g/mol. The summed E-state index contributed by atoms with van der Waals surface area (Å²) in [5, 5.41) is 0. The summed E-state index contributed by atoms with van der Waals surface area (Å²) in [6.45, 7) is 4.29. The van der Waals surface area contributed by atoms with E-state index < -0.39 is 26.5 Å². The van der Waals surface area contributed by atoms with Gasteiger partial charge in [-0.1, -0.05) is 353 Å². The minimum atomic E-state index is -4.42. The van der Waals surface area contributed by atoms with E-state index in [1.807, 2.05) is 21.1 Å². The van der Waals surface area contributed by atoms with Crippen molar-refractivity contribution in [3.8, 4) is 0 Å². The highest BCUT2D eigenvalue weighted by Gasteiger charge is 2.27. The molecule has 0 aromatic carbocycles. The van der Waals surface area contributed by atoms with Gasteiger partial charge < -0.3 is 18.9 Å². The van der Waals surface area contributed by atoms with Crippen LogP contribution < -0.4 is 0 Å². The minimum absolute atomic E-state index is 0.0176. The average Bonchev–Trinajstić information content (AvgIpc) is 1.48. The van der Waals surface area contributed by atoms with Gasteiger partial charge in [0.05, 0.1) is 27.7 Å². The number of phosphoric acid groups is 1. The third kappa shape index (κ3) is 79.1. The van der Waals surface area contributed by atoms with Gasteiger partial charge in [-0.3, -0.25) is 18.6 Å². The molecule has 2 unspecified atom stereocenters. The van der Waals surface area contributed by atoms with Crippen molar-refractivity contribution in [1.29, 1.82) is 0 Å². The summed E-state index contributed by atoms with van der Waals surface area (Å²) >= 11 is 0. The van der Waals surface area contributed by atoms with E-state index in [1.165, 1.54) is 218 Å². The molecule has 0 spiro atoms. The molecule has 0 bridgehead atoms. The molecule has 1 N–H and O–H groups in total. The number of carbonyl (C=O) groups excluding carboxylic acids is 2. The van der Waals surface area contributed by atoms with E-state index in [-0.39, 0.29) is 32.0 Å². The number of allylic oxidation sites excluding steroid dienone is 22. The molecule has 0 radical (unpaired) electrons. The van der Waals surface area contributed by atoms with E-state index >= 15 is 0 Å². The zero-order chi connectivity index (χ0) is 69.7. The van der Waals surface area contributed by atoms with Crippen LogP contribution in [0.4, 0.5) is 0 Å². The van der Waals surface area contributed by atoms with Gasteiger partial charge in [0.15, 0.2) is 6.10 Å². The van der Waals surface area contributed by atoms with Gasteiger partial charge in [0.1, 0.15) is 19.8 Å². The average molecular weight is 1360 g/mol. The summed E-state index contributed by atoms with van der Waals surface area (Å²) in [6, 6.07) is 0. The third-order valence-electron chi connectivity index (χ3n) is 17.2. The molecule has 0 aromatic rings. The summed E-state index contributed by atoms with van der Waals surface area (Å²) in [6.07, 6.45) is 110. The number of rotatable bonds is 73. The maximum atomic E-state index is 12.9. The van der Waals surface area contributed by atoms with Crippen LogP contribution in [0.15, 0.2) is 134 Å². The quantitative estimate of drug-likeness (QED) is 0.0211. The Kier molecular flexibility index (Phi) is 72.3. The fraction of sp³-hybridized carbons (Fsp3) is 0.721. The van der Waals surface area contributed by atoms with Crippen LogP contribution in [0.3, 0.4) is 0 Å². The number of unbranched alkanes of at least 4 members (excludes halogenated alkanes) is 37. The summed E-state index contributed by atoms with van der Waals surface area (Å²) in [7, 11) is 1.44. The Morgan fingerprint density at radius 2 is 0.594 bits per heavy atom. The van der Waals surface area contributed by atoms with Crippen LogP contribution in [0.5, 0.6) is 0 Å². The molecule has 0 fully saturated rings. The summed E-state index contributed by atoms with van der Waals surface area (Å²) in [5.41, 5.74) is 0. The van der Waals surface area contributed by atoms with Crippen molar-refractivity contribution in [2.45, 2.75) is 354 Å². The second-order valence-electron chi connectivity index (χ2n) is 27.7. The highest BCUT2D eigenvalue weighted by molar-refractivity contribution is 7.47. The van der Waals surface area contributed by atoms with Crippen LogP contribution in [0.2, 0.25) is 0 Å². The van der Waals surface area contributed by atoms with Gasteiger partial charge in [0, 0.05) is 12.8 Å². The summed E-state index contributed by atoms with van der Waals surface area (Å²) < 4.78 is 34.7. The van der Waals surface area contributed by atoms with Crippen LogP contribution in [0, 0.1) is 0 Å². The Bertz CT molecular complexity index is 2090. The van der Waals surface area contributed by atoms with Crippen LogP contribution >= 0.6 is 7.82 Å². The van der Waals surface area contributed by atoms with Gasteiger partial charge >= 0.3 is 19.8 Å². The van der Waals surface area contributed by atoms with Crippen molar-refractivity contribution in [2.75, 3.05) is 47.5 Å². The van der Waals surface area contributed by atoms with E-state index in [9.17, 15) is 19.0 Å². The molecular formula is C86H151NO8P+. The number of phosphoric ester groups is 1. The van der Waals surface area contributed by atoms with Crippen molar-refractivity contribution in [3.05, 3.63) is 134 Å². The Balaban J connectivity index is 4.04. The first-order valence-electron chi connectivity index (χ1n) is 39.9. The lowest BCUT2D eigenvalue weighted by atomic mass is 10.0. The number of esters is 2. The van der Waals surface area contributed by atoms with Gasteiger partial charge in [-0.05, 0) is 116 Å². The molecule has 2 atom stereocenters. The fourth-order valence-corrected chi connectivity index (χ4v) is 11.8. The van der Waals surface area contributed by atoms with Gasteiger partial charge in [0.25, 0.3) is 0 Å². The molecule has 0 heterocycles. The molecule has 0 aromatic heterocycles. The zero-order valence-electron chi connectivity index (χ0n) is 63.1. The number of hydrogen-bond acceptors (Lipinski definition) is 7. The topological polar surface area (TPSA) is 108 Å². The van der Waals surface area contributed by atoms with Crippen molar-refractivity contribution in [2.24, 2.45) is 0 Å². The van der Waals surface area contributed by atoms with Gasteiger partial charge in [-0.25, -0.2) is 4.57 Å². The number of quaternary nitrogens is 1. The second kappa shape index (κ2) is 75.4. The molecule has 0 aliphatic rings. The predicted octanol–water partition coefficient (Wildman–Crippen LogP) is 26.7. The monoisotopic (exact) mass is 1360 g/mol. The SMILES string of the molecule is CC/C=C\C/C=C\C/C=C\C/C=C\C/C=C\C/C=C\C/C=C\C/C=C\C/C=C\C/C=C\CCCCC(=O)OC(COC(=O)CCCCCCCCCCCCCCCCCCCCCCCCCCCCC/C=C\CCCCCCCCCC)COP(=O)(O)OCC[N+](C)(C)C.